The highest BCUT2D eigenvalue weighted by Crippen LogP contribution is 2.34. The lowest BCUT2D eigenvalue weighted by molar-refractivity contribution is 0.0595. The van der Waals surface area contributed by atoms with E-state index in [4.69, 9.17) is 0 Å². The molecule has 1 saturated heterocycles. The van der Waals surface area contributed by atoms with Crippen molar-refractivity contribution in [3.05, 3.63) is 35.1 Å². The Morgan fingerprint density at radius 1 is 1.23 bits per heavy atom. The van der Waals surface area contributed by atoms with Crippen molar-refractivity contribution in [1.82, 2.24) is 4.90 Å². The summed E-state index contributed by atoms with van der Waals surface area (Å²) >= 11 is 0. The van der Waals surface area contributed by atoms with Crippen LogP contribution in [0.25, 0.3) is 0 Å². The predicted molar refractivity (Wildman–Crippen MR) is 83.5 cm³/mol. The minimum absolute atomic E-state index is 0.0520. The van der Waals surface area contributed by atoms with Crippen LogP contribution in [0.2, 0.25) is 0 Å². The largest absolute Gasteiger partial charge is 0.465 e. The number of hydrogen-bond donors (Lipinski definition) is 0. The number of methoxy groups -OCH3 is 1. The molecule has 0 N–H and O–H groups in total. The van der Waals surface area contributed by atoms with E-state index in [2.05, 4.69) is 9.64 Å². The normalized spacial score (nSPS) is 23.6. The number of carbonyl (C=O) groups is 1. The van der Waals surface area contributed by atoms with Crippen LogP contribution in [0.1, 0.15) is 60.4 Å². The lowest BCUT2D eigenvalue weighted by Crippen LogP contribution is -2.34. The topological polar surface area (TPSA) is 29.5 Å². The Hall–Kier alpha value is -1.42. The highest BCUT2D eigenvalue weighted by molar-refractivity contribution is 5.89. The molecule has 120 valence electrons. The highest BCUT2D eigenvalue weighted by Gasteiger charge is 2.32. The molecular weight excluding hydrogens is 281 g/mol. The van der Waals surface area contributed by atoms with Gasteiger partial charge in [-0.2, -0.15) is 0 Å². The van der Waals surface area contributed by atoms with Crippen LogP contribution in [0.3, 0.4) is 0 Å². The van der Waals surface area contributed by atoms with E-state index in [0.717, 1.165) is 19.5 Å². The van der Waals surface area contributed by atoms with Gasteiger partial charge >= 0.3 is 5.97 Å². The summed E-state index contributed by atoms with van der Waals surface area (Å²) in [6.45, 7) is 1.95. The van der Waals surface area contributed by atoms with Gasteiger partial charge in [-0.3, -0.25) is 4.90 Å². The number of esters is 1. The van der Waals surface area contributed by atoms with E-state index in [1.807, 2.05) is 6.07 Å². The molecule has 2 aliphatic rings. The highest BCUT2D eigenvalue weighted by atomic mass is 19.1. The van der Waals surface area contributed by atoms with Crippen LogP contribution in [0, 0.1) is 5.82 Å². The van der Waals surface area contributed by atoms with Gasteiger partial charge < -0.3 is 4.74 Å². The van der Waals surface area contributed by atoms with Crippen LogP contribution in [-0.2, 0) is 4.74 Å². The number of carbonyl (C=O) groups excluding carboxylic acids is 1. The van der Waals surface area contributed by atoms with Crippen LogP contribution >= 0.6 is 0 Å². The monoisotopic (exact) mass is 305 g/mol. The second-order valence-corrected chi connectivity index (χ2v) is 6.47. The number of rotatable bonds is 3. The Balaban J connectivity index is 1.74. The van der Waals surface area contributed by atoms with Crippen molar-refractivity contribution < 1.29 is 13.9 Å². The van der Waals surface area contributed by atoms with Gasteiger partial charge in [0.2, 0.25) is 0 Å². The maximum atomic E-state index is 14.6. The first-order valence-electron chi connectivity index (χ1n) is 8.31. The second-order valence-electron chi connectivity index (χ2n) is 6.47. The van der Waals surface area contributed by atoms with Crippen molar-refractivity contribution in [2.75, 3.05) is 20.2 Å². The third-order valence-electron chi connectivity index (χ3n) is 5.18. The van der Waals surface area contributed by atoms with Gasteiger partial charge in [-0.25, -0.2) is 9.18 Å². The molecule has 0 bridgehead atoms. The van der Waals surface area contributed by atoms with E-state index in [9.17, 15) is 9.18 Å². The zero-order valence-corrected chi connectivity index (χ0v) is 13.2. The molecule has 22 heavy (non-hydrogen) atoms. The van der Waals surface area contributed by atoms with E-state index in [-0.39, 0.29) is 11.5 Å². The van der Waals surface area contributed by atoms with E-state index in [1.165, 1.54) is 45.3 Å². The van der Waals surface area contributed by atoms with Gasteiger partial charge in [0, 0.05) is 18.5 Å². The molecule has 4 heteroatoms. The molecule has 1 atom stereocenters. The van der Waals surface area contributed by atoms with Gasteiger partial charge in [0.25, 0.3) is 0 Å². The predicted octanol–water partition coefficient (Wildman–Crippen LogP) is 3.73. The average Bonchev–Trinajstić information content (AvgIpc) is 3.05. The molecule has 1 aromatic carbocycles. The molecule has 1 aliphatic heterocycles. The van der Waals surface area contributed by atoms with Crippen LogP contribution in [0.5, 0.6) is 0 Å². The molecule has 3 rings (SSSR count). The molecule has 0 aromatic heterocycles. The summed E-state index contributed by atoms with van der Waals surface area (Å²) < 4.78 is 19.3. The van der Waals surface area contributed by atoms with E-state index in [0.29, 0.717) is 11.6 Å². The van der Waals surface area contributed by atoms with Gasteiger partial charge in [0.05, 0.1) is 12.7 Å². The third kappa shape index (κ3) is 3.02. The summed E-state index contributed by atoms with van der Waals surface area (Å²) in [5.41, 5.74) is 0.720. The van der Waals surface area contributed by atoms with Crippen molar-refractivity contribution in [2.24, 2.45) is 0 Å². The van der Waals surface area contributed by atoms with Gasteiger partial charge in [-0.15, -0.1) is 0 Å². The first-order valence-corrected chi connectivity index (χ1v) is 8.31. The number of halogens is 1. The van der Waals surface area contributed by atoms with Crippen molar-refractivity contribution in [2.45, 2.75) is 50.5 Å². The Labute approximate surface area is 131 Å². The summed E-state index contributed by atoms with van der Waals surface area (Å²) in [4.78, 5) is 14.2. The molecule has 0 amide bonds. The Morgan fingerprint density at radius 3 is 2.73 bits per heavy atom. The Morgan fingerprint density at radius 2 is 2.00 bits per heavy atom. The second kappa shape index (κ2) is 6.78. The molecular formula is C18H24FNO2. The van der Waals surface area contributed by atoms with Crippen LogP contribution in [-0.4, -0.2) is 37.1 Å². The van der Waals surface area contributed by atoms with Crippen LogP contribution < -0.4 is 0 Å². The minimum atomic E-state index is -0.596. The Bertz CT molecular complexity index is 540. The quantitative estimate of drug-likeness (QED) is 0.797. The maximum absolute atomic E-state index is 14.6. The zero-order chi connectivity index (χ0) is 15.5. The molecule has 3 nitrogen and oxygen atoms in total. The first kappa shape index (κ1) is 15.5. The van der Waals surface area contributed by atoms with E-state index in [1.54, 1.807) is 6.07 Å². The zero-order valence-electron chi connectivity index (χ0n) is 13.2. The van der Waals surface area contributed by atoms with Crippen molar-refractivity contribution in [1.29, 1.82) is 0 Å². The molecule has 1 unspecified atom stereocenters. The summed E-state index contributed by atoms with van der Waals surface area (Å²) in [5, 5.41) is 0. The number of nitrogens with zero attached hydrogens (tertiary/aromatic N) is 1. The summed E-state index contributed by atoms with van der Waals surface area (Å²) in [7, 11) is 1.29. The maximum Gasteiger partial charge on any atom is 0.340 e. The first-order chi connectivity index (χ1) is 10.7. The van der Waals surface area contributed by atoms with Gasteiger partial charge in [-0.1, -0.05) is 31.4 Å². The third-order valence-corrected chi connectivity index (χ3v) is 5.18. The number of benzene rings is 1. The molecule has 0 radical (unpaired) electrons. The number of hydrogen-bond acceptors (Lipinski definition) is 3. The van der Waals surface area contributed by atoms with Gasteiger partial charge in [0.15, 0.2) is 0 Å². The number of likely N-dealkylation sites (tertiary alicyclic amines) is 1. The van der Waals surface area contributed by atoms with Crippen LogP contribution in [0.15, 0.2) is 18.2 Å². The fourth-order valence-corrected chi connectivity index (χ4v) is 3.95. The molecule has 0 spiro atoms. The van der Waals surface area contributed by atoms with E-state index >= 15 is 0 Å². The average molecular weight is 305 g/mol. The smallest absolute Gasteiger partial charge is 0.340 e. The molecule has 1 aromatic rings. The SMILES string of the molecule is COC(=O)c1cccc(C2CCN(C3CCCCC3)C2)c1F. The fraction of sp³-hybridized carbons (Fsp3) is 0.611. The minimum Gasteiger partial charge on any atom is -0.465 e. The van der Waals surface area contributed by atoms with Gasteiger partial charge in [0.1, 0.15) is 5.82 Å². The summed E-state index contributed by atoms with van der Waals surface area (Å²) in [5.74, 6) is -0.808. The summed E-state index contributed by atoms with van der Waals surface area (Å²) in [6.07, 6.45) is 7.51. The summed E-state index contributed by atoms with van der Waals surface area (Å²) in [6, 6.07) is 5.74. The standard InChI is InChI=1S/C18H24FNO2/c1-22-18(21)16-9-5-8-15(17(16)19)13-10-11-20(12-13)14-6-3-2-4-7-14/h5,8-9,13-14H,2-4,6-7,10-12H2,1H3. The lowest BCUT2D eigenvalue weighted by atomic mass is 9.93. The van der Waals surface area contributed by atoms with Crippen LogP contribution in [0.4, 0.5) is 4.39 Å². The van der Waals surface area contributed by atoms with Crippen molar-refractivity contribution in [3.8, 4) is 0 Å². The molecule has 1 saturated carbocycles. The Kier molecular flexibility index (Phi) is 4.77. The van der Waals surface area contributed by atoms with E-state index < -0.39 is 11.8 Å². The lowest BCUT2D eigenvalue weighted by Gasteiger charge is -2.31. The van der Waals surface area contributed by atoms with Crippen molar-refractivity contribution >= 4 is 5.97 Å². The fourth-order valence-electron chi connectivity index (χ4n) is 3.95. The van der Waals surface area contributed by atoms with Gasteiger partial charge in [-0.05, 0) is 37.4 Å². The molecule has 2 fully saturated rings. The number of ether oxygens (including phenoxy) is 1. The van der Waals surface area contributed by atoms with Crippen molar-refractivity contribution in [3.63, 3.8) is 0 Å². The molecule has 1 aliphatic carbocycles. The molecule has 1 heterocycles.